The summed E-state index contributed by atoms with van der Waals surface area (Å²) in [6.45, 7) is 11.6. The molecule has 0 unspecified atom stereocenters. The average Bonchev–Trinajstić information content (AvgIpc) is 3.66. The van der Waals surface area contributed by atoms with Crippen molar-refractivity contribution >= 4 is 45.8 Å². The Balaban J connectivity index is 0.000000190. The second kappa shape index (κ2) is 16.4. The lowest BCUT2D eigenvalue weighted by molar-refractivity contribution is -0.144. The maximum Gasteiger partial charge on any atom is 0.356 e. The van der Waals surface area contributed by atoms with Crippen molar-refractivity contribution in [2.45, 2.75) is 103 Å². The number of hydrogen-bond acceptors (Lipinski definition) is 8. The minimum absolute atomic E-state index is 0.0936. The van der Waals surface area contributed by atoms with Crippen LogP contribution in [-0.4, -0.2) is 57.3 Å². The molecule has 0 saturated heterocycles. The summed E-state index contributed by atoms with van der Waals surface area (Å²) in [6, 6.07) is 7.36. The maximum atomic E-state index is 12.0. The van der Waals surface area contributed by atoms with Crippen LogP contribution in [0.4, 0.5) is 5.82 Å². The van der Waals surface area contributed by atoms with E-state index in [1.807, 2.05) is 29.1 Å². The summed E-state index contributed by atoms with van der Waals surface area (Å²) in [5.74, 6) is 0.301. The molecule has 0 aromatic carbocycles. The van der Waals surface area contributed by atoms with E-state index in [0.717, 1.165) is 23.6 Å². The van der Waals surface area contributed by atoms with Gasteiger partial charge >= 0.3 is 17.9 Å². The van der Waals surface area contributed by atoms with Crippen molar-refractivity contribution in [2.24, 2.45) is 0 Å². The van der Waals surface area contributed by atoms with E-state index in [1.54, 1.807) is 30.5 Å². The molecule has 0 spiro atoms. The highest BCUT2D eigenvalue weighted by molar-refractivity contribution is 5.92. The van der Waals surface area contributed by atoms with Crippen LogP contribution in [0.15, 0.2) is 36.7 Å². The molecule has 48 heavy (non-hydrogen) atoms. The standard InChI is InChI=1S/C20H26N2O4.C17H19N3O2/c1-3-25-18(23)13-22-12-16(14-8-6-5-7-9-14)15-10-11-17(21-19(15)22)20(24)26-4-2;1-18-15-9-8-13-14(12-6-4-3-5-7-12)10-20(17(13)19-15)11-16(21)22-2/h10-12,14H,3-9,13H2,1-2H3;8-10,12H,3-7,11H2,2H3. The Morgan fingerprint density at radius 1 is 0.750 bits per heavy atom. The molecule has 0 aliphatic heterocycles. The molecule has 4 aromatic rings. The van der Waals surface area contributed by atoms with Gasteiger partial charge in [0.05, 0.1) is 20.3 Å². The predicted molar refractivity (Wildman–Crippen MR) is 182 cm³/mol. The van der Waals surface area contributed by atoms with E-state index < -0.39 is 5.97 Å². The Morgan fingerprint density at radius 2 is 1.27 bits per heavy atom. The average molecular weight is 656 g/mol. The normalized spacial score (nSPS) is 15.4. The SMILES string of the molecule is CCOC(=O)Cn1cc(C2CCCCC2)c2ccc(C(=O)OCC)nc21.[C-]#[N+]c1ccc2c(C3CCCCC3)cn(CC(=O)OC)c2n1. The fourth-order valence-electron chi connectivity index (χ4n) is 7.02. The lowest BCUT2D eigenvalue weighted by Gasteiger charge is -2.21. The number of carbonyl (C=O) groups excluding carboxylic acids is 3. The van der Waals surface area contributed by atoms with Crippen LogP contribution in [0.1, 0.15) is 112 Å². The molecule has 11 heteroatoms. The molecule has 6 rings (SSSR count). The van der Waals surface area contributed by atoms with Gasteiger partial charge in [0.1, 0.15) is 18.7 Å². The van der Waals surface area contributed by atoms with E-state index in [4.69, 9.17) is 20.8 Å². The van der Waals surface area contributed by atoms with Gasteiger partial charge in [-0.1, -0.05) is 51.2 Å². The number of methoxy groups -OCH3 is 1. The van der Waals surface area contributed by atoms with Crippen LogP contribution in [0.2, 0.25) is 0 Å². The summed E-state index contributed by atoms with van der Waals surface area (Å²) < 4.78 is 18.5. The summed E-state index contributed by atoms with van der Waals surface area (Å²) in [4.78, 5) is 48.0. The number of pyridine rings is 2. The van der Waals surface area contributed by atoms with Crippen molar-refractivity contribution in [3.63, 3.8) is 0 Å². The van der Waals surface area contributed by atoms with Crippen LogP contribution in [0, 0.1) is 6.57 Å². The Bertz CT molecular complexity index is 1790. The molecule has 11 nitrogen and oxygen atoms in total. The lowest BCUT2D eigenvalue weighted by Crippen LogP contribution is -2.14. The minimum Gasteiger partial charge on any atom is -0.468 e. The Kier molecular flexibility index (Phi) is 11.8. The first-order chi connectivity index (χ1) is 23.4. The summed E-state index contributed by atoms with van der Waals surface area (Å²) in [7, 11) is 1.38. The monoisotopic (exact) mass is 655 g/mol. The molecular formula is C37H45N5O6. The molecule has 2 saturated carbocycles. The predicted octanol–water partition coefficient (Wildman–Crippen LogP) is 7.63. The van der Waals surface area contributed by atoms with Gasteiger partial charge in [0.25, 0.3) is 5.82 Å². The highest BCUT2D eigenvalue weighted by Crippen LogP contribution is 2.38. The second-order valence-corrected chi connectivity index (χ2v) is 12.4. The first-order valence-electron chi connectivity index (χ1n) is 17.1. The van der Waals surface area contributed by atoms with Gasteiger partial charge in [0, 0.05) is 23.2 Å². The van der Waals surface area contributed by atoms with Crippen LogP contribution in [0.25, 0.3) is 26.9 Å². The molecule has 2 fully saturated rings. The van der Waals surface area contributed by atoms with E-state index >= 15 is 0 Å². The van der Waals surface area contributed by atoms with Gasteiger partial charge in [0.15, 0.2) is 5.69 Å². The molecule has 254 valence electrons. The lowest BCUT2D eigenvalue weighted by atomic mass is 9.84. The van der Waals surface area contributed by atoms with Crippen molar-refractivity contribution in [2.75, 3.05) is 20.3 Å². The highest BCUT2D eigenvalue weighted by Gasteiger charge is 2.25. The topological polar surface area (TPSA) is 119 Å². The quantitative estimate of drug-likeness (QED) is 0.103. The third-order valence-corrected chi connectivity index (χ3v) is 9.31. The molecule has 4 aromatic heterocycles. The molecule has 2 aliphatic carbocycles. The molecule has 0 radical (unpaired) electrons. The zero-order valence-electron chi connectivity index (χ0n) is 28.2. The first kappa shape index (κ1) is 34.6. The third-order valence-electron chi connectivity index (χ3n) is 9.31. The molecule has 2 aliphatic rings. The van der Waals surface area contributed by atoms with Crippen molar-refractivity contribution in [3.05, 3.63) is 64.9 Å². The highest BCUT2D eigenvalue weighted by atomic mass is 16.5. The number of fused-ring (bicyclic) bond motifs is 2. The van der Waals surface area contributed by atoms with Gasteiger partial charge in [-0.25, -0.2) is 9.78 Å². The summed E-state index contributed by atoms with van der Waals surface area (Å²) in [5.41, 5.74) is 4.08. The minimum atomic E-state index is -0.447. The summed E-state index contributed by atoms with van der Waals surface area (Å²) in [5, 5.41) is 2.07. The number of carbonyl (C=O) groups is 3. The Morgan fingerprint density at radius 3 is 1.79 bits per heavy atom. The molecule has 0 N–H and O–H groups in total. The smallest absolute Gasteiger partial charge is 0.356 e. The van der Waals surface area contributed by atoms with Crippen molar-refractivity contribution in [1.82, 2.24) is 19.1 Å². The van der Waals surface area contributed by atoms with Crippen molar-refractivity contribution in [3.8, 4) is 0 Å². The van der Waals surface area contributed by atoms with Gasteiger partial charge < -0.3 is 28.2 Å². The van der Waals surface area contributed by atoms with E-state index in [9.17, 15) is 14.4 Å². The molecular weight excluding hydrogens is 610 g/mol. The van der Waals surface area contributed by atoms with Crippen LogP contribution < -0.4 is 0 Å². The zero-order chi connectivity index (χ0) is 34.0. The largest absolute Gasteiger partial charge is 0.468 e. The maximum absolute atomic E-state index is 12.0. The molecule has 0 amide bonds. The third kappa shape index (κ3) is 8.04. The first-order valence-corrected chi connectivity index (χ1v) is 17.1. The van der Waals surface area contributed by atoms with Crippen LogP contribution in [0.5, 0.6) is 0 Å². The Labute approximate surface area is 281 Å². The summed E-state index contributed by atoms with van der Waals surface area (Å²) in [6.07, 6.45) is 16.2. The van der Waals surface area contributed by atoms with Gasteiger partial charge in [-0.15, -0.1) is 4.98 Å². The Hall–Kier alpha value is -4.72. The molecule has 4 heterocycles. The van der Waals surface area contributed by atoms with Crippen LogP contribution in [0.3, 0.4) is 0 Å². The number of hydrogen-bond donors (Lipinski definition) is 0. The number of aromatic nitrogens is 4. The van der Waals surface area contributed by atoms with E-state index in [-0.39, 0.29) is 30.7 Å². The number of esters is 3. The van der Waals surface area contributed by atoms with Crippen LogP contribution >= 0.6 is 0 Å². The van der Waals surface area contributed by atoms with Gasteiger partial charge in [-0.2, -0.15) is 0 Å². The van der Waals surface area contributed by atoms with Gasteiger partial charge in [-0.3, -0.25) is 9.59 Å². The fourth-order valence-corrected chi connectivity index (χ4v) is 7.02. The number of rotatable bonds is 9. The number of nitrogens with zero attached hydrogens (tertiary/aromatic N) is 5. The fraction of sp³-hybridized carbons (Fsp3) is 0.514. The second-order valence-electron chi connectivity index (χ2n) is 12.4. The van der Waals surface area contributed by atoms with E-state index in [1.165, 1.54) is 69.6 Å². The van der Waals surface area contributed by atoms with Crippen LogP contribution in [-0.2, 0) is 36.9 Å². The van der Waals surface area contributed by atoms with Crippen molar-refractivity contribution in [1.29, 1.82) is 0 Å². The summed E-state index contributed by atoms with van der Waals surface area (Å²) >= 11 is 0. The van der Waals surface area contributed by atoms with E-state index in [0.29, 0.717) is 42.2 Å². The van der Waals surface area contributed by atoms with Crippen molar-refractivity contribution < 1.29 is 28.6 Å². The van der Waals surface area contributed by atoms with E-state index in [2.05, 4.69) is 14.8 Å². The molecule has 0 bridgehead atoms. The van der Waals surface area contributed by atoms with Gasteiger partial charge in [0.2, 0.25) is 5.65 Å². The number of ether oxygens (including phenoxy) is 3. The zero-order valence-corrected chi connectivity index (χ0v) is 28.2. The van der Waals surface area contributed by atoms with Gasteiger partial charge in [-0.05, 0) is 80.7 Å². The molecule has 0 atom stereocenters.